The molecule has 92 valence electrons. The Labute approximate surface area is 93.9 Å². The molecule has 0 bridgehead atoms. The van der Waals surface area contributed by atoms with Crippen LogP contribution in [0.2, 0.25) is 0 Å². The molecule has 0 aliphatic rings. The summed E-state index contributed by atoms with van der Waals surface area (Å²) in [4.78, 5) is 2.36. The first-order valence-electron chi connectivity index (χ1n) is 5.76. The number of nitrogens with one attached hydrogen (secondary N) is 1. The van der Waals surface area contributed by atoms with Crippen LogP contribution in [0, 0.1) is 0 Å². The van der Waals surface area contributed by atoms with Gasteiger partial charge in [-0.2, -0.15) is 0 Å². The zero-order valence-electron chi connectivity index (χ0n) is 10.4. The number of nitrogens with zero attached hydrogens (tertiary/aromatic N) is 1. The zero-order valence-corrected chi connectivity index (χ0v) is 10.4. The first-order chi connectivity index (χ1) is 7.35. The van der Waals surface area contributed by atoms with E-state index in [1.807, 2.05) is 0 Å². The van der Waals surface area contributed by atoms with Crippen molar-refractivity contribution in [1.29, 1.82) is 0 Å². The molecule has 0 aliphatic carbocycles. The monoisotopic (exact) mass is 218 g/mol. The van der Waals surface area contributed by atoms with E-state index in [2.05, 4.69) is 17.1 Å². The quantitative estimate of drug-likeness (QED) is 0.514. The van der Waals surface area contributed by atoms with Crippen molar-refractivity contribution < 1.29 is 9.47 Å². The van der Waals surface area contributed by atoms with Gasteiger partial charge in [-0.05, 0) is 13.0 Å². The highest BCUT2D eigenvalue weighted by molar-refractivity contribution is 4.59. The Morgan fingerprint density at radius 3 is 2.00 bits per heavy atom. The van der Waals surface area contributed by atoms with E-state index < -0.39 is 0 Å². The van der Waals surface area contributed by atoms with E-state index in [1.54, 1.807) is 14.2 Å². The van der Waals surface area contributed by atoms with Gasteiger partial charge in [0.05, 0.1) is 13.2 Å². The first kappa shape index (κ1) is 14.8. The van der Waals surface area contributed by atoms with Gasteiger partial charge < -0.3 is 14.8 Å². The Morgan fingerprint density at radius 1 is 0.933 bits per heavy atom. The molecule has 0 heterocycles. The summed E-state index contributed by atoms with van der Waals surface area (Å²) in [7, 11) is 3.48. The normalized spacial score (nSPS) is 11.2. The summed E-state index contributed by atoms with van der Waals surface area (Å²) in [5, 5.41) is 3.40. The van der Waals surface area contributed by atoms with E-state index in [4.69, 9.17) is 9.47 Å². The summed E-state index contributed by atoms with van der Waals surface area (Å²) in [5.74, 6) is 0. The van der Waals surface area contributed by atoms with Gasteiger partial charge in [-0.15, -0.1) is 0 Å². The first-order valence-corrected chi connectivity index (χ1v) is 5.76. The standard InChI is InChI=1S/C11H26N2O2/c1-4-5-12-6-7-13(8-10-14-2)9-11-15-3/h12H,4-11H2,1-3H3. The van der Waals surface area contributed by atoms with Crippen LogP contribution in [0.3, 0.4) is 0 Å². The number of rotatable bonds is 11. The Hall–Kier alpha value is -0.160. The van der Waals surface area contributed by atoms with Gasteiger partial charge in [-0.25, -0.2) is 0 Å². The highest BCUT2D eigenvalue weighted by Gasteiger charge is 2.03. The van der Waals surface area contributed by atoms with E-state index >= 15 is 0 Å². The van der Waals surface area contributed by atoms with Gasteiger partial charge in [0, 0.05) is 40.4 Å². The second-order valence-electron chi connectivity index (χ2n) is 3.58. The minimum Gasteiger partial charge on any atom is -0.383 e. The van der Waals surface area contributed by atoms with Crippen molar-refractivity contribution in [3.05, 3.63) is 0 Å². The Kier molecular flexibility index (Phi) is 11.8. The fraction of sp³-hybridized carbons (Fsp3) is 1.00. The van der Waals surface area contributed by atoms with Crippen molar-refractivity contribution in [2.75, 3.05) is 60.2 Å². The summed E-state index contributed by atoms with van der Waals surface area (Å²) in [6, 6.07) is 0. The van der Waals surface area contributed by atoms with Gasteiger partial charge in [-0.3, -0.25) is 4.90 Å². The maximum Gasteiger partial charge on any atom is 0.0589 e. The van der Waals surface area contributed by atoms with Crippen molar-refractivity contribution in [3.8, 4) is 0 Å². The lowest BCUT2D eigenvalue weighted by molar-refractivity contribution is 0.114. The summed E-state index contributed by atoms with van der Waals surface area (Å²) in [6.45, 7) is 8.92. The zero-order chi connectivity index (χ0) is 11.4. The molecular formula is C11H26N2O2. The van der Waals surface area contributed by atoms with Crippen molar-refractivity contribution >= 4 is 0 Å². The summed E-state index contributed by atoms with van der Waals surface area (Å²) >= 11 is 0. The third kappa shape index (κ3) is 10.1. The van der Waals surface area contributed by atoms with E-state index in [0.29, 0.717) is 0 Å². The molecular weight excluding hydrogens is 192 g/mol. The van der Waals surface area contributed by atoms with Gasteiger partial charge in [0.15, 0.2) is 0 Å². The molecule has 4 nitrogen and oxygen atoms in total. The maximum absolute atomic E-state index is 5.08. The topological polar surface area (TPSA) is 33.7 Å². The Bertz CT molecular complexity index is 115. The lowest BCUT2D eigenvalue weighted by atomic mass is 10.4. The molecule has 0 aromatic rings. The molecule has 0 spiro atoms. The van der Waals surface area contributed by atoms with Crippen LogP contribution in [-0.2, 0) is 9.47 Å². The maximum atomic E-state index is 5.08. The lowest BCUT2D eigenvalue weighted by Crippen LogP contribution is -2.36. The third-order valence-corrected chi connectivity index (χ3v) is 2.25. The second-order valence-corrected chi connectivity index (χ2v) is 3.58. The van der Waals surface area contributed by atoms with Crippen LogP contribution in [0.15, 0.2) is 0 Å². The number of hydrogen-bond donors (Lipinski definition) is 1. The van der Waals surface area contributed by atoms with Crippen LogP contribution in [-0.4, -0.2) is 65.1 Å². The van der Waals surface area contributed by atoms with Crippen molar-refractivity contribution in [3.63, 3.8) is 0 Å². The second kappa shape index (κ2) is 11.9. The smallest absolute Gasteiger partial charge is 0.0589 e. The molecule has 0 fully saturated rings. The van der Waals surface area contributed by atoms with Crippen LogP contribution < -0.4 is 5.32 Å². The molecule has 0 unspecified atom stereocenters. The third-order valence-electron chi connectivity index (χ3n) is 2.25. The van der Waals surface area contributed by atoms with Gasteiger partial charge in [0.2, 0.25) is 0 Å². The summed E-state index contributed by atoms with van der Waals surface area (Å²) in [5.41, 5.74) is 0. The van der Waals surface area contributed by atoms with Crippen LogP contribution in [0.25, 0.3) is 0 Å². The molecule has 0 aromatic heterocycles. The lowest BCUT2D eigenvalue weighted by Gasteiger charge is -2.21. The molecule has 0 rings (SSSR count). The van der Waals surface area contributed by atoms with E-state index in [-0.39, 0.29) is 0 Å². The molecule has 0 aromatic carbocycles. The molecule has 4 heteroatoms. The molecule has 0 aliphatic heterocycles. The Balaban J connectivity index is 3.49. The SMILES string of the molecule is CCCNCCN(CCOC)CCOC. The van der Waals surface area contributed by atoms with E-state index in [9.17, 15) is 0 Å². The minimum atomic E-state index is 0.789. The average molecular weight is 218 g/mol. The molecule has 0 radical (unpaired) electrons. The number of ether oxygens (including phenoxy) is 2. The minimum absolute atomic E-state index is 0.789. The van der Waals surface area contributed by atoms with Crippen LogP contribution in [0.5, 0.6) is 0 Å². The molecule has 0 atom stereocenters. The molecule has 0 saturated heterocycles. The van der Waals surface area contributed by atoms with Gasteiger partial charge >= 0.3 is 0 Å². The van der Waals surface area contributed by atoms with Gasteiger partial charge in [-0.1, -0.05) is 6.92 Å². The van der Waals surface area contributed by atoms with Gasteiger partial charge in [0.1, 0.15) is 0 Å². The predicted octanol–water partition coefficient (Wildman–Crippen LogP) is 0.581. The fourth-order valence-electron chi connectivity index (χ4n) is 1.32. The number of hydrogen-bond acceptors (Lipinski definition) is 4. The largest absolute Gasteiger partial charge is 0.383 e. The van der Waals surface area contributed by atoms with Crippen LogP contribution >= 0.6 is 0 Å². The molecule has 1 N–H and O–H groups in total. The summed E-state index contributed by atoms with van der Waals surface area (Å²) in [6.07, 6.45) is 1.19. The van der Waals surface area contributed by atoms with Crippen molar-refractivity contribution in [2.24, 2.45) is 0 Å². The van der Waals surface area contributed by atoms with Crippen LogP contribution in [0.1, 0.15) is 13.3 Å². The average Bonchev–Trinajstić information content (AvgIpc) is 2.27. The highest BCUT2D eigenvalue weighted by atomic mass is 16.5. The van der Waals surface area contributed by atoms with Crippen molar-refractivity contribution in [2.45, 2.75) is 13.3 Å². The van der Waals surface area contributed by atoms with Gasteiger partial charge in [0.25, 0.3) is 0 Å². The predicted molar refractivity (Wildman–Crippen MR) is 63.4 cm³/mol. The van der Waals surface area contributed by atoms with Crippen molar-refractivity contribution in [1.82, 2.24) is 10.2 Å². The van der Waals surface area contributed by atoms with E-state index in [1.165, 1.54) is 6.42 Å². The highest BCUT2D eigenvalue weighted by Crippen LogP contribution is 1.88. The van der Waals surface area contributed by atoms with E-state index in [0.717, 1.165) is 45.9 Å². The molecule has 0 saturated carbocycles. The fourth-order valence-corrected chi connectivity index (χ4v) is 1.32. The summed E-state index contributed by atoms with van der Waals surface area (Å²) < 4.78 is 10.2. The molecule has 0 amide bonds. The number of methoxy groups -OCH3 is 2. The van der Waals surface area contributed by atoms with Crippen LogP contribution in [0.4, 0.5) is 0 Å². The molecule has 15 heavy (non-hydrogen) atoms. The Morgan fingerprint density at radius 2 is 1.53 bits per heavy atom.